The molecule has 4 nitrogen and oxygen atoms in total. The first kappa shape index (κ1) is 14.5. The topological polar surface area (TPSA) is 53.1 Å². The molecule has 1 heterocycles. The minimum atomic E-state index is -0.147. The average Bonchev–Trinajstić information content (AvgIpc) is 2.86. The third-order valence-corrected chi connectivity index (χ3v) is 4.54. The molecular weight excluding hydrogens is 238 g/mol. The molecule has 0 spiro atoms. The Hall–Kier alpha value is -0.870. The normalized spacial score (nSPS) is 29.4. The first-order valence-corrected chi connectivity index (χ1v) is 7.41. The van der Waals surface area contributed by atoms with E-state index in [9.17, 15) is 0 Å². The molecule has 0 aliphatic heterocycles. The van der Waals surface area contributed by atoms with Gasteiger partial charge in [-0.15, -0.1) is 0 Å². The highest BCUT2D eigenvalue weighted by Crippen LogP contribution is 2.37. The van der Waals surface area contributed by atoms with Crippen LogP contribution < -0.4 is 5.73 Å². The van der Waals surface area contributed by atoms with Gasteiger partial charge in [0.15, 0.2) is 0 Å². The fourth-order valence-corrected chi connectivity index (χ4v) is 3.34. The zero-order valence-electron chi connectivity index (χ0n) is 12.4. The Bertz CT molecular complexity index is 404. The smallest absolute Gasteiger partial charge is 0.0834 e. The molecule has 1 aromatic heterocycles. The molecule has 0 amide bonds. The van der Waals surface area contributed by atoms with Crippen molar-refractivity contribution in [2.45, 2.75) is 64.1 Å². The standard InChI is InChI=1S/C15H27N3O/c1-4-18-11-13(10-17-18)8-14(16)15(19-3)7-5-6-12(2)9-15/h10-12,14H,4-9,16H2,1-3H3. The lowest BCUT2D eigenvalue weighted by Gasteiger charge is -2.43. The van der Waals surface area contributed by atoms with Crippen LogP contribution in [0, 0.1) is 5.92 Å². The molecule has 0 saturated heterocycles. The highest BCUT2D eigenvalue weighted by atomic mass is 16.5. The largest absolute Gasteiger partial charge is 0.377 e. The molecule has 2 rings (SSSR count). The fraction of sp³-hybridized carbons (Fsp3) is 0.800. The van der Waals surface area contributed by atoms with E-state index in [1.807, 2.05) is 18.0 Å². The first-order valence-electron chi connectivity index (χ1n) is 7.41. The number of hydrogen-bond donors (Lipinski definition) is 1. The van der Waals surface area contributed by atoms with Crippen LogP contribution in [0.5, 0.6) is 0 Å². The van der Waals surface area contributed by atoms with E-state index >= 15 is 0 Å². The lowest BCUT2D eigenvalue weighted by molar-refractivity contribution is -0.0705. The Balaban J connectivity index is 2.05. The number of aryl methyl sites for hydroxylation is 1. The van der Waals surface area contributed by atoms with Crippen molar-refractivity contribution in [2.75, 3.05) is 7.11 Å². The quantitative estimate of drug-likeness (QED) is 0.889. The number of nitrogens with zero attached hydrogens (tertiary/aromatic N) is 2. The molecule has 0 aromatic carbocycles. The van der Waals surface area contributed by atoms with Crippen LogP contribution in [-0.4, -0.2) is 28.5 Å². The van der Waals surface area contributed by atoms with E-state index in [1.165, 1.54) is 18.4 Å². The maximum absolute atomic E-state index is 6.48. The monoisotopic (exact) mass is 265 g/mol. The van der Waals surface area contributed by atoms with Gasteiger partial charge in [0.1, 0.15) is 0 Å². The summed E-state index contributed by atoms with van der Waals surface area (Å²) in [6, 6.07) is 0.0507. The van der Waals surface area contributed by atoms with Crippen molar-refractivity contribution in [3.63, 3.8) is 0 Å². The van der Waals surface area contributed by atoms with Crippen molar-refractivity contribution in [1.82, 2.24) is 9.78 Å². The number of nitrogens with two attached hydrogens (primary N) is 1. The highest BCUT2D eigenvalue weighted by molar-refractivity contribution is 5.09. The van der Waals surface area contributed by atoms with Gasteiger partial charge in [-0.25, -0.2) is 0 Å². The van der Waals surface area contributed by atoms with Crippen LogP contribution in [0.3, 0.4) is 0 Å². The summed E-state index contributed by atoms with van der Waals surface area (Å²) in [6.45, 7) is 5.30. The van der Waals surface area contributed by atoms with Gasteiger partial charge in [0.25, 0.3) is 0 Å². The van der Waals surface area contributed by atoms with E-state index < -0.39 is 0 Å². The fourth-order valence-electron chi connectivity index (χ4n) is 3.34. The minimum absolute atomic E-state index is 0.0507. The zero-order valence-corrected chi connectivity index (χ0v) is 12.4. The predicted molar refractivity (Wildman–Crippen MR) is 77.0 cm³/mol. The van der Waals surface area contributed by atoms with Gasteiger partial charge in [-0.05, 0) is 37.7 Å². The molecule has 2 N–H and O–H groups in total. The summed E-state index contributed by atoms with van der Waals surface area (Å²) in [6.07, 6.45) is 9.54. The van der Waals surface area contributed by atoms with Gasteiger partial charge < -0.3 is 10.5 Å². The van der Waals surface area contributed by atoms with Gasteiger partial charge in [0, 0.05) is 25.9 Å². The molecule has 1 aliphatic carbocycles. The van der Waals surface area contributed by atoms with Crippen molar-refractivity contribution in [3.05, 3.63) is 18.0 Å². The van der Waals surface area contributed by atoms with E-state index in [-0.39, 0.29) is 11.6 Å². The van der Waals surface area contributed by atoms with E-state index in [1.54, 1.807) is 0 Å². The molecule has 108 valence electrons. The minimum Gasteiger partial charge on any atom is -0.377 e. The van der Waals surface area contributed by atoms with E-state index in [2.05, 4.69) is 25.1 Å². The molecule has 3 atom stereocenters. The van der Waals surface area contributed by atoms with Crippen molar-refractivity contribution >= 4 is 0 Å². The first-order chi connectivity index (χ1) is 9.09. The Morgan fingerprint density at radius 3 is 3.00 bits per heavy atom. The van der Waals surface area contributed by atoms with Crippen molar-refractivity contribution in [1.29, 1.82) is 0 Å². The predicted octanol–water partition coefficient (Wildman–Crippen LogP) is 2.37. The van der Waals surface area contributed by atoms with Gasteiger partial charge in [-0.2, -0.15) is 5.10 Å². The second-order valence-electron chi connectivity index (χ2n) is 5.99. The molecule has 1 aliphatic rings. The lowest BCUT2D eigenvalue weighted by atomic mass is 9.73. The summed E-state index contributed by atoms with van der Waals surface area (Å²) in [7, 11) is 1.81. The van der Waals surface area contributed by atoms with E-state index in [4.69, 9.17) is 10.5 Å². The van der Waals surface area contributed by atoms with Crippen molar-refractivity contribution in [3.8, 4) is 0 Å². The SMILES string of the molecule is CCn1cc(CC(N)C2(OC)CCCC(C)C2)cn1. The number of methoxy groups -OCH3 is 1. The molecule has 3 unspecified atom stereocenters. The number of aromatic nitrogens is 2. The summed E-state index contributed by atoms with van der Waals surface area (Å²) in [5.74, 6) is 0.707. The molecular formula is C15H27N3O. The molecule has 1 fully saturated rings. The van der Waals surface area contributed by atoms with Crippen LogP contribution in [0.4, 0.5) is 0 Å². The molecule has 4 heteroatoms. The van der Waals surface area contributed by atoms with Crippen LogP contribution in [0.25, 0.3) is 0 Å². The van der Waals surface area contributed by atoms with Crippen LogP contribution in [0.1, 0.15) is 45.1 Å². The summed E-state index contributed by atoms with van der Waals surface area (Å²) < 4.78 is 7.81. The van der Waals surface area contributed by atoms with E-state index in [0.717, 1.165) is 25.8 Å². The van der Waals surface area contributed by atoms with Gasteiger partial charge in [-0.1, -0.05) is 19.8 Å². The second-order valence-corrected chi connectivity index (χ2v) is 5.99. The maximum atomic E-state index is 6.48. The maximum Gasteiger partial charge on any atom is 0.0834 e. The number of rotatable bonds is 5. The van der Waals surface area contributed by atoms with E-state index in [0.29, 0.717) is 5.92 Å². The third-order valence-electron chi connectivity index (χ3n) is 4.54. The summed E-state index contributed by atoms with van der Waals surface area (Å²) >= 11 is 0. The van der Waals surface area contributed by atoms with Gasteiger partial charge in [0.2, 0.25) is 0 Å². The number of ether oxygens (including phenoxy) is 1. The second kappa shape index (κ2) is 6.06. The van der Waals surface area contributed by atoms with Gasteiger partial charge >= 0.3 is 0 Å². The molecule has 0 radical (unpaired) electrons. The summed E-state index contributed by atoms with van der Waals surface area (Å²) in [4.78, 5) is 0. The Kier molecular flexibility index (Phi) is 4.63. The van der Waals surface area contributed by atoms with Crippen LogP contribution in [0.2, 0.25) is 0 Å². The van der Waals surface area contributed by atoms with Crippen molar-refractivity contribution in [2.24, 2.45) is 11.7 Å². The molecule has 0 bridgehead atoms. The Morgan fingerprint density at radius 2 is 2.42 bits per heavy atom. The molecule has 1 aromatic rings. The molecule has 1 saturated carbocycles. The van der Waals surface area contributed by atoms with Crippen LogP contribution >= 0.6 is 0 Å². The lowest BCUT2D eigenvalue weighted by Crippen LogP contribution is -2.53. The average molecular weight is 265 g/mol. The van der Waals surface area contributed by atoms with Crippen molar-refractivity contribution < 1.29 is 4.74 Å². The van der Waals surface area contributed by atoms with Crippen LogP contribution in [0.15, 0.2) is 12.4 Å². The Labute approximate surface area is 116 Å². The zero-order chi connectivity index (χ0) is 13.9. The van der Waals surface area contributed by atoms with Gasteiger partial charge in [0.05, 0.1) is 11.8 Å². The highest BCUT2D eigenvalue weighted by Gasteiger charge is 2.40. The summed E-state index contributed by atoms with van der Waals surface area (Å²) in [5.41, 5.74) is 7.54. The third kappa shape index (κ3) is 3.18. The number of hydrogen-bond acceptors (Lipinski definition) is 3. The molecule has 19 heavy (non-hydrogen) atoms. The summed E-state index contributed by atoms with van der Waals surface area (Å²) in [5, 5.41) is 4.32. The van der Waals surface area contributed by atoms with Crippen LogP contribution in [-0.2, 0) is 17.7 Å². The van der Waals surface area contributed by atoms with Gasteiger partial charge in [-0.3, -0.25) is 4.68 Å². The Morgan fingerprint density at radius 1 is 1.63 bits per heavy atom.